The van der Waals surface area contributed by atoms with Crippen LogP contribution in [-0.4, -0.2) is 17.6 Å². The van der Waals surface area contributed by atoms with E-state index in [1.165, 1.54) is 0 Å². The van der Waals surface area contributed by atoms with E-state index in [0.29, 0.717) is 12.3 Å². The summed E-state index contributed by atoms with van der Waals surface area (Å²) in [4.78, 5) is 10.8. The summed E-state index contributed by atoms with van der Waals surface area (Å²) in [5.74, 6) is 0.142. The highest BCUT2D eigenvalue weighted by Gasteiger charge is 2.11. The molecule has 0 aliphatic rings. The molecule has 2 aromatic rings. The van der Waals surface area contributed by atoms with Crippen molar-refractivity contribution in [3.05, 3.63) is 54.6 Å². The van der Waals surface area contributed by atoms with Crippen molar-refractivity contribution in [3.8, 4) is 11.5 Å². The molecule has 4 nitrogen and oxygen atoms in total. The van der Waals surface area contributed by atoms with E-state index < -0.39 is 11.9 Å². The number of aliphatic carboxylic acids is 1. The molecule has 2 N–H and O–H groups in total. The number of carbonyl (C=O) groups is 1. The third-order valence-electron chi connectivity index (χ3n) is 2.88. The van der Waals surface area contributed by atoms with Gasteiger partial charge in [0.2, 0.25) is 0 Å². The van der Waals surface area contributed by atoms with E-state index in [2.05, 4.69) is 5.32 Å². The summed E-state index contributed by atoms with van der Waals surface area (Å²) in [7, 11) is 0. The van der Waals surface area contributed by atoms with Crippen LogP contribution in [0.5, 0.6) is 11.5 Å². The van der Waals surface area contributed by atoms with Crippen LogP contribution in [0.1, 0.15) is 6.92 Å². The minimum atomic E-state index is -0.820. The van der Waals surface area contributed by atoms with E-state index in [1.807, 2.05) is 54.6 Å². The number of nitrogens with one attached hydrogen (secondary N) is 1. The average molecular weight is 271 g/mol. The van der Waals surface area contributed by atoms with Crippen LogP contribution in [0.25, 0.3) is 0 Å². The van der Waals surface area contributed by atoms with Crippen LogP contribution in [0.3, 0.4) is 0 Å². The van der Waals surface area contributed by atoms with E-state index in [1.54, 1.807) is 6.92 Å². The molecule has 2 rings (SSSR count). The predicted molar refractivity (Wildman–Crippen MR) is 78.2 cm³/mol. The lowest BCUT2D eigenvalue weighted by molar-refractivity contribution is -0.140. The first kappa shape index (κ1) is 13.9. The van der Waals surface area contributed by atoms with Crippen molar-refractivity contribution < 1.29 is 14.6 Å². The molecule has 0 aliphatic carbocycles. The number of carboxylic acid groups (broad SMARTS) is 1. The Morgan fingerprint density at radius 2 is 1.80 bits per heavy atom. The van der Waals surface area contributed by atoms with Gasteiger partial charge in [-0.2, -0.15) is 0 Å². The van der Waals surface area contributed by atoms with Crippen molar-refractivity contribution in [3.63, 3.8) is 0 Å². The maximum Gasteiger partial charge on any atom is 0.308 e. The molecule has 0 saturated heterocycles. The van der Waals surface area contributed by atoms with E-state index in [9.17, 15) is 4.79 Å². The molecule has 0 bridgehead atoms. The fourth-order valence-electron chi connectivity index (χ4n) is 1.67. The monoisotopic (exact) mass is 271 g/mol. The lowest BCUT2D eigenvalue weighted by Gasteiger charge is -2.14. The fourth-order valence-corrected chi connectivity index (χ4v) is 1.67. The van der Waals surface area contributed by atoms with Gasteiger partial charge in [-0.3, -0.25) is 4.79 Å². The van der Waals surface area contributed by atoms with Crippen LogP contribution in [-0.2, 0) is 4.79 Å². The molecule has 4 heteroatoms. The molecule has 0 heterocycles. The van der Waals surface area contributed by atoms with Gasteiger partial charge in [0.05, 0.1) is 11.6 Å². The quantitative estimate of drug-likeness (QED) is 0.842. The number of anilines is 1. The van der Waals surface area contributed by atoms with Gasteiger partial charge in [-0.15, -0.1) is 0 Å². The minimum absolute atomic E-state index is 0.352. The summed E-state index contributed by atoms with van der Waals surface area (Å²) in [6.07, 6.45) is 0. The van der Waals surface area contributed by atoms with Crippen molar-refractivity contribution in [1.29, 1.82) is 0 Å². The molecule has 2 aromatic carbocycles. The average Bonchev–Trinajstić information content (AvgIpc) is 2.47. The lowest BCUT2D eigenvalue weighted by atomic mass is 10.2. The number of benzene rings is 2. The van der Waals surface area contributed by atoms with Gasteiger partial charge in [-0.1, -0.05) is 37.3 Å². The standard InChI is InChI=1S/C16H17NO3/c1-12(16(18)19)11-17-14-9-5-6-10-15(14)20-13-7-3-2-4-8-13/h2-10,12,17H,11H2,1H3,(H,18,19). The molecule has 0 spiro atoms. The summed E-state index contributed by atoms with van der Waals surface area (Å²) in [5, 5.41) is 12.0. The van der Waals surface area contributed by atoms with Crippen molar-refractivity contribution in [2.75, 3.05) is 11.9 Å². The number of hydrogen-bond donors (Lipinski definition) is 2. The van der Waals surface area contributed by atoms with Crippen LogP contribution in [0.4, 0.5) is 5.69 Å². The van der Waals surface area contributed by atoms with Gasteiger partial charge in [0.25, 0.3) is 0 Å². The second-order valence-electron chi connectivity index (χ2n) is 4.53. The number of para-hydroxylation sites is 3. The van der Waals surface area contributed by atoms with Gasteiger partial charge in [0.1, 0.15) is 5.75 Å². The summed E-state index contributed by atoms with van der Waals surface area (Å²) in [6.45, 7) is 2.01. The highest BCUT2D eigenvalue weighted by molar-refractivity contribution is 5.70. The Hall–Kier alpha value is -2.49. The van der Waals surface area contributed by atoms with Crippen LogP contribution < -0.4 is 10.1 Å². The Balaban J connectivity index is 2.08. The summed E-state index contributed by atoms with van der Waals surface area (Å²) in [5.41, 5.74) is 0.782. The highest BCUT2D eigenvalue weighted by atomic mass is 16.5. The summed E-state index contributed by atoms with van der Waals surface area (Å²) in [6, 6.07) is 16.9. The minimum Gasteiger partial charge on any atom is -0.481 e. The third-order valence-corrected chi connectivity index (χ3v) is 2.88. The molecule has 104 valence electrons. The molecule has 1 unspecified atom stereocenters. The van der Waals surface area contributed by atoms with Crippen molar-refractivity contribution >= 4 is 11.7 Å². The Kier molecular flexibility index (Phi) is 4.60. The van der Waals surface area contributed by atoms with Crippen molar-refractivity contribution in [1.82, 2.24) is 0 Å². The Morgan fingerprint density at radius 3 is 2.50 bits per heavy atom. The normalized spacial score (nSPS) is 11.7. The van der Waals surface area contributed by atoms with Crippen LogP contribution in [0, 0.1) is 5.92 Å². The van der Waals surface area contributed by atoms with Crippen molar-refractivity contribution in [2.45, 2.75) is 6.92 Å². The van der Waals surface area contributed by atoms with Crippen LogP contribution in [0.15, 0.2) is 54.6 Å². The zero-order valence-corrected chi connectivity index (χ0v) is 11.2. The maximum atomic E-state index is 10.8. The number of rotatable bonds is 6. The van der Waals surface area contributed by atoms with E-state index >= 15 is 0 Å². The van der Waals surface area contributed by atoms with E-state index in [4.69, 9.17) is 9.84 Å². The second-order valence-corrected chi connectivity index (χ2v) is 4.53. The van der Waals surface area contributed by atoms with E-state index in [-0.39, 0.29) is 0 Å². The first-order chi connectivity index (χ1) is 9.66. The molecule has 0 aliphatic heterocycles. The van der Waals surface area contributed by atoms with Gasteiger partial charge < -0.3 is 15.2 Å². The van der Waals surface area contributed by atoms with E-state index in [0.717, 1.165) is 11.4 Å². The molecule has 0 fully saturated rings. The second kappa shape index (κ2) is 6.61. The number of carboxylic acids is 1. The van der Waals surface area contributed by atoms with Gasteiger partial charge >= 0.3 is 5.97 Å². The Morgan fingerprint density at radius 1 is 1.15 bits per heavy atom. The molecule has 0 radical (unpaired) electrons. The first-order valence-electron chi connectivity index (χ1n) is 6.45. The first-order valence-corrected chi connectivity index (χ1v) is 6.45. The molecule has 0 amide bonds. The highest BCUT2D eigenvalue weighted by Crippen LogP contribution is 2.29. The summed E-state index contributed by atoms with van der Waals surface area (Å²) >= 11 is 0. The number of hydrogen-bond acceptors (Lipinski definition) is 3. The van der Waals surface area contributed by atoms with Gasteiger partial charge in [0.15, 0.2) is 5.75 Å². The predicted octanol–water partition coefficient (Wildman–Crippen LogP) is 3.61. The van der Waals surface area contributed by atoms with Crippen molar-refractivity contribution in [2.24, 2.45) is 5.92 Å². The molecule has 0 aromatic heterocycles. The third kappa shape index (κ3) is 3.75. The lowest BCUT2D eigenvalue weighted by Crippen LogP contribution is -2.19. The van der Waals surface area contributed by atoms with Gasteiger partial charge in [-0.25, -0.2) is 0 Å². The Labute approximate surface area is 118 Å². The maximum absolute atomic E-state index is 10.8. The molecule has 0 saturated carbocycles. The van der Waals surface area contributed by atoms with Gasteiger partial charge in [-0.05, 0) is 24.3 Å². The SMILES string of the molecule is CC(CNc1ccccc1Oc1ccccc1)C(=O)O. The molecular formula is C16H17NO3. The summed E-state index contributed by atoms with van der Waals surface area (Å²) < 4.78 is 5.79. The van der Waals surface area contributed by atoms with Crippen LogP contribution in [0.2, 0.25) is 0 Å². The topological polar surface area (TPSA) is 58.6 Å². The molecule has 20 heavy (non-hydrogen) atoms. The molecular weight excluding hydrogens is 254 g/mol. The van der Waals surface area contributed by atoms with Crippen LogP contribution >= 0.6 is 0 Å². The Bertz CT molecular complexity index is 569. The zero-order chi connectivity index (χ0) is 14.4. The smallest absolute Gasteiger partial charge is 0.308 e. The fraction of sp³-hybridized carbons (Fsp3) is 0.188. The number of ether oxygens (including phenoxy) is 1. The zero-order valence-electron chi connectivity index (χ0n) is 11.2. The molecule has 1 atom stereocenters. The van der Waals surface area contributed by atoms with Gasteiger partial charge in [0, 0.05) is 6.54 Å². The largest absolute Gasteiger partial charge is 0.481 e.